The zero-order valence-electron chi connectivity index (χ0n) is 35.8. The third-order valence-electron chi connectivity index (χ3n) is 13.5. The molecule has 1 atom stereocenters. The Morgan fingerprint density at radius 3 is 2.41 bits per heavy atom. The van der Waals surface area contributed by atoms with Crippen molar-refractivity contribution in [1.29, 1.82) is 0 Å². The first-order valence-electron chi connectivity index (χ1n) is 21.6. The number of imidazole rings is 1. The third-order valence-corrected chi connectivity index (χ3v) is 14.1. The van der Waals surface area contributed by atoms with Gasteiger partial charge in [0.05, 0.1) is 40.2 Å². The van der Waals surface area contributed by atoms with E-state index in [1.165, 1.54) is 29.1 Å². The van der Waals surface area contributed by atoms with Crippen LogP contribution < -0.4 is 11.4 Å². The summed E-state index contributed by atoms with van der Waals surface area (Å²) >= 11 is 6.62. The van der Waals surface area contributed by atoms with Gasteiger partial charge in [0.2, 0.25) is 0 Å². The van der Waals surface area contributed by atoms with Crippen LogP contribution in [-0.4, -0.2) is 80.1 Å². The summed E-state index contributed by atoms with van der Waals surface area (Å²) in [6, 6.07) is 13.7. The summed E-state index contributed by atoms with van der Waals surface area (Å²) in [5.41, 5.74) is 3.84. The van der Waals surface area contributed by atoms with Gasteiger partial charge in [-0.2, -0.15) is 23.4 Å². The Balaban J connectivity index is 1.04. The molecule has 0 unspecified atom stereocenters. The predicted octanol–water partition coefficient (Wildman–Crippen LogP) is 7.96. The fraction of sp³-hybridized carbons (Fsp3) is 0.348. The number of fused-ring (bicyclic) bond motifs is 3. The van der Waals surface area contributed by atoms with Gasteiger partial charge in [-0.25, -0.2) is 18.7 Å². The lowest BCUT2D eigenvalue weighted by atomic mass is 9.91. The van der Waals surface area contributed by atoms with E-state index in [-0.39, 0.29) is 29.0 Å². The maximum Gasteiger partial charge on any atom is 0.438 e. The zero-order valence-corrected chi connectivity index (χ0v) is 36.6. The van der Waals surface area contributed by atoms with Crippen LogP contribution in [0.25, 0.3) is 39.0 Å². The van der Waals surface area contributed by atoms with E-state index in [2.05, 4.69) is 27.4 Å². The Kier molecular flexibility index (Phi) is 9.64. The van der Waals surface area contributed by atoms with Gasteiger partial charge in [-0.1, -0.05) is 22.8 Å². The highest BCUT2D eigenvalue weighted by Crippen LogP contribution is 2.51. The van der Waals surface area contributed by atoms with Crippen molar-refractivity contribution in [1.82, 2.24) is 48.3 Å². The van der Waals surface area contributed by atoms with E-state index in [1.807, 2.05) is 49.6 Å². The minimum absolute atomic E-state index is 0.0824. The minimum atomic E-state index is -4.59. The second-order valence-corrected chi connectivity index (χ2v) is 17.9. The molecule has 2 aliphatic heterocycles. The number of rotatable bonds is 8. The van der Waals surface area contributed by atoms with E-state index in [4.69, 9.17) is 26.0 Å². The van der Waals surface area contributed by atoms with E-state index in [1.54, 1.807) is 9.58 Å². The molecule has 1 saturated heterocycles. The van der Waals surface area contributed by atoms with Crippen LogP contribution in [0.1, 0.15) is 88.8 Å². The maximum absolute atomic E-state index is 16.3. The molecule has 1 saturated carbocycles. The van der Waals surface area contributed by atoms with E-state index in [0.717, 1.165) is 51.2 Å². The number of nitrogens with zero attached hydrogens (tertiary/aromatic N) is 9. The number of H-pyrrole nitrogens is 1. The maximum atomic E-state index is 16.3. The topological polar surface area (TPSA) is 156 Å². The molecule has 11 rings (SSSR count). The number of hydrogen-bond donors (Lipinski definition) is 1. The fourth-order valence-corrected chi connectivity index (χ4v) is 10.2. The Bertz CT molecular complexity index is 3370. The molecule has 340 valence electrons. The second-order valence-electron chi connectivity index (χ2n) is 17.5. The van der Waals surface area contributed by atoms with Crippen molar-refractivity contribution in [2.75, 3.05) is 19.8 Å². The van der Waals surface area contributed by atoms with Crippen molar-refractivity contribution in [3.05, 3.63) is 138 Å². The Morgan fingerprint density at radius 1 is 0.985 bits per heavy atom. The smallest absolute Gasteiger partial charge is 0.381 e. The lowest BCUT2D eigenvalue weighted by Gasteiger charge is -2.34. The molecule has 2 fully saturated rings. The Hall–Kier alpha value is -6.73. The van der Waals surface area contributed by atoms with Crippen molar-refractivity contribution < 1.29 is 31.6 Å². The van der Waals surface area contributed by atoms with Gasteiger partial charge in [-0.3, -0.25) is 28.1 Å². The molecule has 3 aromatic carbocycles. The number of carbonyl (C=O) groups excluding carboxylic acids is 1. The van der Waals surface area contributed by atoms with Crippen molar-refractivity contribution in [2.24, 2.45) is 0 Å². The van der Waals surface area contributed by atoms with Gasteiger partial charge in [0.25, 0.3) is 5.91 Å². The minimum Gasteiger partial charge on any atom is -0.381 e. The summed E-state index contributed by atoms with van der Waals surface area (Å²) in [4.78, 5) is 46.9. The number of aromatic amines is 1. The number of ether oxygens (including phenoxy) is 1. The molecule has 20 heteroatoms. The first-order chi connectivity index (χ1) is 31.6. The van der Waals surface area contributed by atoms with E-state index in [0.29, 0.717) is 82.4 Å². The number of nitrogens with one attached hydrogen (secondary N) is 1. The normalized spacial score (nSPS) is 17.6. The SMILES string of the molecule is Cc1cc(-n2nc3c(c2-n2ccn(-c4ccc5c(cnn5CC(F)(F)F)c4F)c2=O)[C@H](C)N(C(=O)c2cc4cc(C5CCOCC5)ccc4n2C2(c4noc(=O)[nH]4)CC2)CC3)cc(C)c1Cl. The summed E-state index contributed by atoms with van der Waals surface area (Å²) in [6.45, 7) is 5.79. The van der Waals surface area contributed by atoms with Gasteiger partial charge in [-0.05, 0) is 112 Å². The number of halogens is 5. The number of hydrogen-bond acceptors (Lipinski definition) is 8. The molecular formula is C46H41ClF4N10O5. The van der Waals surface area contributed by atoms with Crippen LogP contribution in [0.5, 0.6) is 0 Å². The van der Waals surface area contributed by atoms with Crippen molar-refractivity contribution in [2.45, 2.75) is 83.1 Å². The largest absolute Gasteiger partial charge is 0.438 e. The van der Waals surface area contributed by atoms with Crippen LogP contribution in [-0.2, 0) is 23.2 Å². The number of amides is 1. The molecular weight excluding hydrogens is 884 g/mol. The Morgan fingerprint density at radius 2 is 1.71 bits per heavy atom. The molecule has 7 heterocycles. The molecule has 1 amide bonds. The summed E-state index contributed by atoms with van der Waals surface area (Å²) in [5, 5.41) is 14.2. The average Bonchev–Trinajstić information content (AvgIpc) is 3.76. The van der Waals surface area contributed by atoms with Gasteiger partial charge in [0.15, 0.2) is 11.6 Å². The number of aromatic nitrogens is 9. The number of carbonyl (C=O) groups is 1. The van der Waals surface area contributed by atoms with Crippen molar-refractivity contribution >= 4 is 39.3 Å². The second kappa shape index (κ2) is 15.2. The fourth-order valence-electron chi connectivity index (χ4n) is 10.1. The lowest BCUT2D eigenvalue weighted by Crippen LogP contribution is -2.41. The molecule has 1 N–H and O–H groups in total. The third kappa shape index (κ3) is 6.64. The summed E-state index contributed by atoms with van der Waals surface area (Å²) in [7, 11) is 0. The number of benzene rings is 3. The summed E-state index contributed by atoms with van der Waals surface area (Å²) in [5.74, 6) is -0.982. The van der Waals surface area contributed by atoms with Gasteiger partial charge in [0, 0.05) is 60.1 Å². The zero-order chi connectivity index (χ0) is 46.0. The quantitative estimate of drug-likeness (QED) is 0.151. The van der Waals surface area contributed by atoms with Gasteiger partial charge in [0.1, 0.15) is 23.6 Å². The highest BCUT2D eigenvalue weighted by Gasteiger charge is 2.52. The lowest BCUT2D eigenvalue weighted by molar-refractivity contribution is -0.141. The highest BCUT2D eigenvalue weighted by atomic mass is 35.5. The van der Waals surface area contributed by atoms with Gasteiger partial charge >= 0.3 is 17.6 Å². The predicted molar refractivity (Wildman–Crippen MR) is 234 cm³/mol. The molecule has 15 nitrogen and oxygen atoms in total. The van der Waals surface area contributed by atoms with Crippen LogP contribution >= 0.6 is 11.6 Å². The molecule has 1 aliphatic carbocycles. The standard InChI is InChI=1S/C46H41ClF4N10O5/c1-24-18-30(19-25(2)38(24)47)61-40(58-15-14-57(44(58)64)35-7-6-34-31(39(35)48)22-52-59(34)23-46(49,50)51)37-26(3)56(13-8-32(37)54-61)41(62)36-21-29-20-28(27-9-16-65-17-10-27)4-5-33(29)60(36)45(11-12-45)42-53-43(63)66-55-42/h4-7,14-15,18-22,26-27H,8-13,16-17,23H2,1-3H3,(H,53,55,63)/t26-/m0/s1. The molecule has 0 spiro atoms. The van der Waals surface area contributed by atoms with Crippen LogP contribution in [0.2, 0.25) is 5.02 Å². The highest BCUT2D eigenvalue weighted by molar-refractivity contribution is 6.32. The molecule has 0 radical (unpaired) electrons. The van der Waals surface area contributed by atoms with Crippen molar-refractivity contribution in [3.63, 3.8) is 0 Å². The van der Waals surface area contributed by atoms with Gasteiger partial charge < -0.3 is 14.2 Å². The van der Waals surface area contributed by atoms with E-state index in [9.17, 15) is 22.8 Å². The molecule has 3 aliphatic rings. The molecule has 8 aromatic rings. The van der Waals surface area contributed by atoms with E-state index >= 15 is 9.18 Å². The summed E-state index contributed by atoms with van der Waals surface area (Å²) in [6.07, 6.45) is 2.54. The first-order valence-corrected chi connectivity index (χ1v) is 22.0. The van der Waals surface area contributed by atoms with Crippen LogP contribution in [0.15, 0.2) is 81.2 Å². The van der Waals surface area contributed by atoms with Crippen LogP contribution in [0, 0.1) is 19.7 Å². The van der Waals surface area contributed by atoms with Crippen LogP contribution in [0.4, 0.5) is 17.6 Å². The average molecular weight is 925 g/mol. The van der Waals surface area contributed by atoms with Crippen LogP contribution in [0.3, 0.4) is 0 Å². The van der Waals surface area contributed by atoms with E-state index < -0.39 is 41.6 Å². The van der Waals surface area contributed by atoms with Gasteiger partial charge in [-0.15, -0.1) is 0 Å². The monoisotopic (exact) mass is 924 g/mol. The van der Waals surface area contributed by atoms with Crippen molar-refractivity contribution in [3.8, 4) is 17.2 Å². The molecule has 66 heavy (non-hydrogen) atoms. The Labute approximate surface area is 376 Å². The number of aryl methyl sites for hydroxylation is 2. The first kappa shape index (κ1) is 41.9. The summed E-state index contributed by atoms with van der Waals surface area (Å²) < 4.78 is 73.4. The molecule has 0 bridgehead atoms. The molecule has 5 aromatic heterocycles. The number of alkyl halides is 3.